The van der Waals surface area contributed by atoms with E-state index in [-0.39, 0.29) is 30.5 Å². The number of nitrogens with zero attached hydrogens (tertiary/aromatic N) is 2. The number of benzene rings is 1. The van der Waals surface area contributed by atoms with Crippen LogP contribution in [0.2, 0.25) is 0 Å². The first-order valence-electron chi connectivity index (χ1n) is 7.40. The van der Waals surface area contributed by atoms with Crippen LogP contribution in [0.1, 0.15) is 23.7 Å². The van der Waals surface area contributed by atoms with Crippen LogP contribution in [0.3, 0.4) is 0 Å². The van der Waals surface area contributed by atoms with E-state index in [9.17, 15) is 14.7 Å². The van der Waals surface area contributed by atoms with Gasteiger partial charge in [-0.2, -0.15) is 0 Å². The van der Waals surface area contributed by atoms with E-state index < -0.39 is 0 Å². The van der Waals surface area contributed by atoms with Gasteiger partial charge in [-0.15, -0.1) is 0 Å². The molecule has 2 unspecified atom stereocenters. The Morgan fingerprint density at radius 3 is 2.45 bits per heavy atom. The van der Waals surface area contributed by atoms with E-state index in [1.165, 1.54) is 4.90 Å². The van der Waals surface area contributed by atoms with Gasteiger partial charge in [-0.25, -0.2) is 0 Å². The van der Waals surface area contributed by atoms with Crippen LogP contribution in [0.25, 0.3) is 0 Å². The molecule has 6 nitrogen and oxygen atoms in total. The lowest BCUT2D eigenvalue weighted by Gasteiger charge is -2.19. The highest BCUT2D eigenvalue weighted by molar-refractivity contribution is 5.96. The third-order valence-corrected chi connectivity index (χ3v) is 3.85. The largest absolute Gasteiger partial charge is 0.392 e. The quantitative estimate of drug-likeness (QED) is 0.862. The van der Waals surface area contributed by atoms with E-state index in [2.05, 4.69) is 5.32 Å². The summed E-state index contributed by atoms with van der Waals surface area (Å²) in [6, 6.07) is 7.04. The molecule has 1 fully saturated rings. The van der Waals surface area contributed by atoms with E-state index in [1.807, 2.05) is 11.8 Å². The Kier molecular flexibility index (Phi) is 5.15. The molecule has 1 aromatic rings. The van der Waals surface area contributed by atoms with Gasteiger partial charge in [-0.1, -0.05) is 0 Å². The molecule has 2 rings (SSSR count). The van der Waals surface area contributed by atoms with Crippen molar-refractivity contribution < 1.29 is 14.7 Å². The van der Waals surface area contributed by atoms with E-state index >= 15 is 0 Å². The van der Waals surface area contributed by atoms with Crippen LogP contribution >= 0.6 is 0 Å². The van der Waals surface area contributed by atoms with Gasteiger partial charge in [0.2, 0.25) is 5.91 Å². The summed E-state index contributed by atoms with van der Waals surface area (Å²) in [6.45, 7) is 2.80. The number of carbonyl (C=O) groups excluding carboxylic acids is 2. The van der Waals surface area contributed by atoms with Crippen molar-refractivity contribution in [2.24, 2.45) is 0 Å². The number of aliphatic hydroxyl groups is 1. The Morgan fingerprint density at radius 2 is 1.95 bits per heavy atom. The zero-order valence-electron chi connectivity index (χ0n) is 13.2. The molecule has 0 saturated carbocycles. The number of rotatable bonds is 4. The summed E-state index contributed by atoms with van der Waals surface area (Å²) >= 11 is 0. The summed E-state index contributed by atoms with van der Waals surface area (Å²) in [4.78, 5) is 27.3. The highest BCUT2D eigenvalue weighted by Crippen LogP contribution is 2.17. The minimum atomic E-state index is -0.348. The fraction of sp³-hybridized carbons (Fsp3) is 0.500. The molecule has 1 aromatic carbocycles. The van der Waals surface area contributed by atoms with Gasteiger partial charge in [0, 0.05) is 37.9 Å². The van der Waals surface area contributed by atoms with Crippen molar-refractivity contribution in [3.63, 3.8) is 0 Å². The van der Waals surface area contributed by atoms with Gasteiger partial charge < -0.3 is 15.3 Å². The first-order chi connectivity index (χ1) is 10.4. The van der Waals surface area contributed by atoms with Crippen molar-refractivity contribution >= 4 is 17.5 Å². The molecular weight excluding hydrogens is 282 g/mol. The Balaban J connectivity index is 1.90. The highest BCUT2D eigenvalue weighted by atomic mass is 16.3. The van der Waals surface area contributed by atoms with Crippen LogP contribution in [-0.4, -0.2) is 66.1 Å². The summed E-state index contributed by atoms with van der Waals surface area (Å²) in [7, 11) is 3.40. The van der Waals surface area contributed by atoms with Gasteiger partial charge in [0.05, 0.1) is 12.6 Å². The monoisotopic (exact) mass is 305 g/mol. The van der Waals surface area contributed by atoms with Gasteiger partial charge in [0.1, 0.15) is 0 Å². The summed E-state index contributed by atoms with van der Waals surface area (Å²) in [5.74, 6) is -0.189. The van der Waals surface area contributed by atoms with Crippen molar-refractivity contribution in [1.82, 2.24) is 9.80 Å². The predicted molar refractivity (Wildman–Crippen MR) is 84.7 cm³/mol. The molecule has 0 bridgehead atoms. The van der Waals surface area contributed by atoms with Gasteiger partial charge in [-0.05, 0) is 37.6 Å². The minimum absolute atomic E-state index is 0.0715. The van der Waals surface area contributed by atoms with Gasteiger partial charge in [0.15, 0.2) is 0 Å². The second-order valence-electron chi connectivity index (χ2n) is 5.99. The van der Waals surface area contributed by atoms with Crippen LogP contribution in [0.5, 0.6) is 0 Å². The average molecular weight is 305 g/mol. The summed E-state index contributed by atoms with van der Waals surface area (Å²) < 4.78 is 0. The third kappa shape index (κ3) is 4.05. The number of β-amino-alcohol motifs (C(OH)–C–C–N with tert-alkyl or cyclic N) is 1. The molecule has 0 radical (unpaired) electrons. The smallest absolute Gasteiger partial charge is 0.253 e. The second kappa shape index (κ2) is 6.89. The molecule has 6 heteroatoms. The molecule has 1 heterocycles. The minimum Gasteiger partial charge on any atom is -0.392 e. The molecule has 0 aromatic heterocycles. The number of hydrogen-bond donors (Lipinski definition) is 2. The van der Waals surface area contributed by atoms with Crippen LogP contribution in [0, 0.1) is 0 Å². The molecule has 0 spiro atoms. The highest BCUT2D eigenvalue weighted by Gasteiger charge is 2.28. The molecule has 22 heavy (non-hydrogen) atoms. The third-order valence-electron chi connectivity index (χ3n) is 3.85. The first kappa shape index (κ1) is 16.5. The Hall–Kier alpha value is -1.92. The van der Waals surface area contributed by atoms with Crippen molar-refractivity contribution in [3.8, 4) is 0 Å². The normalized spacial score (nSPS) is 21.6. The fourth-order valence-corrected chi connectivity index (χ4v) is 2.63. The van der Waals surface area contributed by atoms with Crippen molar-refractivity contribution in [3.05, 3.63) is 29.8 Å². The molecule has 2 N–H and O–H groups in total. The maximum absolute atomic E-state index is 12.0. The standard InChI is InChI=1S/C16H23N3O3/c1-11-8-14(20)9-19(11)10-15(21)17-13-6-4-12(5-7-13)16(22)18(2)3/h4-7,11,14,20H,8-10H2,1-3H3,(H,17,21). The number of carbonyl (C=O) groups is 2. The van der Waals surface area contributed by atoms with Crippen LogP contribution in [-0.2, 0) is 4.79 Å². The lowest BCUT2D eigenvalue weighted by atomic mass is 10.2. The van der Waals surface area contributed by atoms with Gasteiger partial charge >= 0.3 is 0 Å². The van der Waals surface area contributed by atoms with E-state index in [4.69, 9.17) is 0 Å². The van der Waals surface area contributed by atoms with Crippen molar-refractivity contribution in [1.29, 1.82) is 0 Å². The number of amides is 2. The van der Waals surface area contributed by atoms with E-state index in [0.29, 0.717) is 24.2 Å². The maximum Gasteiger partial charge on any atom is 0.253 e. The Labute approximate surface area is 130 Å². The molecule has 120 valence electrons. The van der Waals surface area contributed by atoms with E-state index in [1.54, 1.807) is 38.4 Å². The summed E-state index contributed by atoms with van der Waals surface area (Å²) in [5.41, 5.74) is 1.24. The Morgan fingerprint density at radius 1 is 1.32 bits per heavy atom. The zero-order chi connectivity index (χ0) is 16.3. The number of aliphatic hydroxyl groups excluding tert-OH is 1. The average Bonchev–Trinajstić information content (AvgIpc) is 2.76. The SMILES string of the molecule is CC1CC(O)CN1CC(=O)Nc1ccc(C(=O)N(C)C)cc1. The topological polar surface area (TPSA) is 72.9 Å². The number of nitrogens with one attached hydrogen (secondary N) is 1. The molecule has 0 aliphatic carbocycles. The Bertz CT molecular complexity index is 542. The van der Waals surface area contributed by atoms with Gasteiger partial charge in [-0.3, -0.25) is 14.5 Å². The van der Waals surface area contributed by atoms with Crippen molar-refractivity contribution in [2.75, 3.05) is 32.5 Å². The summed E-state index contributed by atoms with van der Waals surface area (Å²) in [5, 5.41) is 12.4. The molecule has 2 amide bonds. The maximum atomic E-state index is 12.0. The van der Waals surface area contributed by atoms with Crippen LogP contribution < -0.4 is 5.32 Å². The van der Waals surface area contributed by atoms with Crippen LogP contribution in [0.15, 0.2) is 24.3 Å². The fourth-order valence-electron chi connectivity index (χ4n) is 2.63. The van der Waals surface area contributed by atoms with Crippen molar-refractivity contribution in [2.45, 2.75) is 25.5 Å². The molecular formula is C16H23N3O3. The molecule has 1 aliphatic rings. The summed E-state index contributed by atoms with van der Waals surface area (Å²) in [6.07, 6.45) is 0.355. The number of anilines is 1. The molecule has 1 saturated heterocycles. The predicted octanol–water partition coefficient (Wildman–Crippen LogP) is 0.782. The number of hydrogen-bond acceptors (Lipinski definition) is 4. The number of likely N-dealkylation sites (tertiary alicyclic amines) is 1. The lowest BCUT2D eigenvalue weighted by Crippen LogP contribution is -2.35. The molecule has 1 aliphatic heterocycles. The van der Waals surface area contributed by atoms with Gasteiger partial charge in [0.25, 0.3) is 5.91 Å². The second-order valence-corrected chi connectivity index (χ2v) is 5.99. The molecule has 2 atom stereocenters. The lowest BCUT2D eigenvalue weighted by molar-refractivity contribution is -0.117. The van der Waals surface area contributed by atoms with E-state index in [0.717, 1.165) is 0 Å². The zero-order valence-corrected chi connectivity index (χ0v) is 13.2. The first-order valence-corrected chi connectivity index (χ1v) is 7.40. The van der Waals surface area contributed by atoms with Crippen LogP contribution in [0.4, 0.5) is 5.69 Å².